The van der Waals surface area contributed by atoms with Crippen LogP contribution in [0.2, 0.25) is 0 Å². The van der Waals surface area contributed by atoms with Gasteiger partial charge in [0.1, 0.15) is 17.1 Å². The number of aromatic nitrogens is 1. The van der Waals surface area contributed by atoms with Gasteiger partial charge in [-0.1, -0.05) is 13.8 Å². The van der Waals surface area contributed by atoms with Gasteiger partial charge in [0.05, 0.1) is 30.8 Å². The lowest BCUT2D eigenvalue weighted by atomic mass is 9.96. The number of hydrogen-bond acceptors (Lipinski definition) is 4. The molecular formula is C24H23F4NO5. The fraction of sp³-hybridized carbons (Fsp3) is 0.333. The SMILES string of the molecule is COc1cc2c(cc1Cc1cc(F)ccc1C(F)(F)F)c(=O)c(C(=O)O)cn2[C@H](CO)C(C)C. The summed E-state index contributed by atoms with van der Waals surface area (Å²) in [5.41, 5.74) is -2.40. The highest BCUT2D eigenvalue weighted by Crippen LogP contribution is 2.36. The van der Waals surface area contributed by atoms with Gasteiger partial charge in [-0.15, -0.1) is 0 Å². The largest absolute Gasteiger partial charge is 0.496 e. The third kappa shape index (κ3) is 4.77. The minimum Gasteiger partial charge on any atom is -0.496 e. The Balaban J connectivity index is 2.33. The number of nitrogens with zero attached hydrogens (tertiary/aromatic N) is 1. The van der Waals surface area contributed by atoms with Crippen LogP contribution in [0, 0.1) is 11.7 Å². The van der Waals surface area contributed by atoms with Crippen molar-refractivity contribution in [2.75, 3.05) is 13.7 Å². The predicted molar refractivity (Wildman–Crippen MR) is 117 cm³/mol. The molecule has 0 bridgehead atoms. The molecule has 6 nitrogen and oxygen atoms in total. The Morgan fingerprint density at radius 1 is 1.15 bits per heavy atom. The topological polar surface area (TPSA) is 88.8 Å². The Morgan fingerprint density at radius 2 is 1.82 bits per heavy atom. The Kier molecular flexibility index (Phi) is 7.02. The van der Waals surface area contributed by atoms with E-state index in [9.17, 15) is 37.4 Å². The molecule has 0 saturated heterocycles. The zero-order valence-electron chi connectivity index (χ0n) is 18.6. The van der Waals surface area contributed by atoms with Gasteiger partial charge in [0, 0.05) is 24.1 Å². The van der Waals surface area contributed by atoms with Crippen LogP contribution in [0.1, 0.15) is 46.9 Å². The molecule has 2 N–H and O–H groups in total. The molecule has 3 aromatic rings. The first-order chi connectivity index (χ1) is 15.9. The molecule has 1 aromatic heterocycles. The van der Waals surface area contributed by atoms with Crippen LogP contribution in [0.3, 0.4) is 0 Å². The van der Waals surface area contributed by atoms with Crippen LogP contribution in [-0.4, -0.2) is 34.5 Å². The van der Waals surface area contributed by atoms with Gasteiger partial charge < -0.3 is 19.5 Å². The number of aliphatic hydroxyl groups excluding tert-OH is 1. The fourth-order valence-corrected chi connectivity index (χ4v) is 3.99. The second kappa shape index (κ2) is 9.46. The van der Waals surface area contributed by atoms with Crippen LogP contribution < -0.4 is 10.2 Å². The molecule has 3 rings (SSSR count). The summed E-state index contributed by atoms with van der Waals surface area (Å²) < 4.78 is 61.1. The molecule has 0 spiro atoms. The van der Waals surface area contributed by atoms with Crippen molar-refractivity contribution in [1.29, 1.82) is 0 Å². The number of carboxylic acid groups (broad SMARTS) is 1. The maximum absolute atomic E-state index is 13.8. The predicted octanol–water partition coefficient (Wildman–Crippen LogP) is 4.65. The van der Waals surface area contributed by atoms with Crippen molar-refractivity contribution in [3.8, 4) is 5.75 Å². The normalized spacial score (nSPS) is 12.9. The Bertz CT molecular complexity index is 1300. The molecule has 0 saturated carbocycles. The van der Waals surface area contributed by atoms with Crippen LogP contribution in [-0.2, 0) is 12.6 Å². The number of halogens is 4. The number of aromatic carboxylic acids is 1. The van der Waals surface area contributed by atoms with Gasteiger partial charge in [0.2, 0.25) is 5.43 Å². The first kappa shape index (κ1) is 25.2. The molecule has 34 heavy (non-hydrogen) atoms. The molecule has 0 aliphatic heterocycles. The van der Waals surface area contributed by atoms with E-state index in [0.29, 0.717) is 12.1 Å². The molecule has 0 aliphatic carbocycles. The van der Waals surface area contributed by atoms with E-state index in [1.54, 1.807) is 13.8 Å². The van der Waals surface area contributed by atoms with Crippen molar-refractivity contribution in [3.63, 3.8) is 0 Å². The standard InChI is InChI=1S/C24H23F4NO5/c1-12(2)20(11-30)29-10-17(23(32)33)22(31)16-8-14(21(34-3)9-19(16)29)6-13-7-15(25)4-5-18(13)24(26,27)28/h4-5,7-10,12,20,30H,6,11H2,1-3H3,(H,32,33)/t20-/m1/s1. The number of benzene rings is 2. The van der Waals surface area contributed by atoms with Crippen molar-refractivity contribution in [2.24, 2.45) is 5.92 Å². The third-order valence-electron chi connectivity index (χ3n) is 5.73. The van der Waals surface area contributed by atoms with Crippen LogP contribution in [0.15, 0.2) is 41.3 Å². The second-order valence-electron chi connectivity index (χ2n) is 8.24. The number of rotatable bonds is 7. The van der Waals surface area contributed by atoms with Crippen molar-refractivity contribution >= 4 is 16.9 Å². The number of fused-ring (bicyclic) bond motifs is 1. The quantitative estimate of drug-likeness (QED) is 0.480. The van der Waals surface area contributed by atoms with Crippen molar-refractivity contribution in [1.82, 2.24) is 4.57 Å². The van der Waals surface area contributed by atoms with Gasteiger partial charge in [0.15, 0.2) is 0 Å². The molecule has 0 amide bonds. The van der Waals surface area contributed by atoms with E-state index in [0.717, 1.165) is 12.3 Å². The van der Waals surface area contributed by atoms with Crippen LogP contribution in [0.25, 0.3) is 10.9 Å². The first-order valence-corrected chi connectivity index (χ1v) is 10.3. The van der Waals surface area contributed by atoms with Gasteiger partial charge in [-0.2, -0.15) is 13.2 Å². The molecule has 1 atom stereocenters. The molecule has 1 heterocycles. The van der Waals surface area contributed by atoms with Gasteiger partial charge in [-0.05, 0) is 41.3 Å². The van der Waals surface area contributed by atoms with E-state index in [4.69, 9.17) is 4.74 Å². The zero-order chi connectivity index (χ0) is 25.4. The van der Waals surface area contributed by atoms with E-state index in [-0.39, 0.29) is 40.3 Å². The zero-order valence-corrected chi connectivity index (χ0v) is 18.6. The summed E-state index contributed by atoms with van der Waals surface area (Å²) in [6.45, 7) is 3.26. The monoisotopic (exact) mass is 481 g/mol. The maximum atomic E-state index is 13.8. The summed E-state index contributed by atoms with van der Waals surface area (Å²) in [6, 6.07) is 4.20. The summed E-state index contributed by atoms with van der Waals surface area (Å²) in [7, 11) is 1.29. The second-order valence-corrected chi connectivity index (χ2v) is 8.24. The van der Waals surface area contributed by atoms with E-state index in [1.807, 2.05) is 0 Å². The molecule has 10 heteroatoms. The Hall–Kier alpha value is -3.40. The number of methoxy groups -OCH3 is 1. The van der Waals surface area contributed by atoms with Gasteiger partial charge in [0.25, 0.3) is 0 Å². The van der Waals surface area contributed by atoms with Crippen molar-refractivity contribution < 1.29 is 37.3 Å². The Morgan fingerprint density at radius 3 is 2.35 bits per heavy atom. The minimum absolute atomic E-state index is 0.0697. The smallest absolute Gasteiger partial charge is 0.416 e. The molecule has 2 aromatic carbocycles. The highest BCUT2D eigenvalue weighted by atomic mass is 19.4. The number of pyridine rings is 1. The maximum Gasteiger partial charge on any atom is 0.416 e. The van der Waals surface area contributed by atoms with Crippen molar-refractivity contribution in [3.05, 3.63) is 74.8 Å². The summed E-state index contributed by atoms with van der Waals surface area (Å²) in [4.78, 5) is 24.7. The lowest BCUT2D eigenvalue weighted by Gasteiger charge is -2.25. The first-order valence-electron chi connectivity index (χ1n) is 10.3. The van der Waals surface area contributed by atoms with Crippen LogP contribution in [0.4, 0.5) is 17.6 Å². The van der Waals surface area contributed by atoms with Crippen LogP contribution >= 0.6 is 0 Å². The lowest BCUT2D eigenvalue weighted by molar-refractivity contribution is -0.138. The summed E-state index contributed by atoms with van der Waals surface area (Å²) in [5.74, 6) is -2.37. The number of carbonyl (C=O) groups is 1. The highest BCUT2D eigenvalue weighted by Gasteiger charge is 2.33. The summed E-state index contributed by atoms with van der Waals surface area (Å²) in [5, 5.41) is 19.4. The number of alkyl halides is 3. The molecular weight excluding hydrogens is 458 g/mol. The lowest BCUT2D eigenvalue weighted by Crippen LogP contribution is -2.25. The van der Waals surface area contributed by atoms with Gasteiger partial charge >= 0.3 is 12.1 Å². The third-order valence-corrected chi connectivity index (χ3v) is 5.73. The number of ether oxygens (including phenoxy) is 1. The molecule has 0 aliphatic rings. The molecule has 182 valence electrons. The summed E-state index contributed by atoms with van der Waals surface area (Å²) in [6.07, 6.45) is -4.01. The van der Waals surface area contributed by atoms with Crippen molar-refractivity contribution in [2.45, 2.75) is 32.5 Å². The van der Waals surface area contributed by atoms with Gasteiger partial charge in [-0.25, -0.2) is 9.18 Å². The Labute approximate surface area is 192 Å². The number of aliphatic hydroxyl groups is 1. The fourth-order valence-electron chi connectivity index (χ4n) is 3.99. The molecule has 0 fully saturated rings. The van der Waals surface area contributed by atoms with E-state index in [2.05, 4.69) is 0 Å². The van der Waals surface area contributed by atoms with E-state index < -0.39 is 47.0 Å². The van der Waals surface area contributed by atoms with E-state index in [1.165, 1.54) is 23.8 Å². The number of hydrogen-bond donors (Lipinski definition) is 2. The summed E-state index contributed by atoms with van der Waals surface area (Å²) >= 11 is 0. The molecule has 0 unspecified atom stereocenters. The molecule has 0 radical (unpaired) electrons. The number of carboxylic acids is 1. The average Bonchev–Trinajstić information content (AvgIpc) is 2.74. The average molecular weight is 481 g/mol. The van der Waals surface area contributed by atoms with E-state index >= 15 is 0 Å². The van der Waals surface area contributed by atoms with Crippen LogP contribution in [0.5, 0.6) is 5.75 Å². The minimum atomic E-state index is -4.73. The highest BCUT2D eigenvalue weighted by molar-refractivity contribution is 5.93. The van der Waals surface area contributed by atoms with Gasteiger partial charge in [-0.3, -0.25) is 4.79 Å².